The van der Waals surface area contributed by atoms with Gasteiger partial charge in [0.15, 0.2) is 0 Å². The highest BCUT2D eigenvalue weighted by atomic mass is 32.2. The fourth-order valence-electron chi connectivity index (χ4n) is 5.31. The summed E-state index contributed by atoms with van der Waals surface area (Å²) in [5.74, 6) is -1.55. The zero-order valence-electron chi connectivity index (χ0n) is 28.8. The third-order valence-electron chi connectivity index (χ3n) is 8.17. The molecule has 0 aliphatic rings. The van der Waals surface area contributed by atoms with Crippen LogP contribution in [0, 0.1) is 0 Å². The van der Waals surface area contributed by atoms with Crippen LogP contribution in [0.2, 0.25) is 0 Å². The summed E-state index contributed by atoms with van der Waals surface area (Å²) in [6.07, 6.45) is 36.8. The number of amides is 1. The molecule has 0 aromatic carbocycles. The Bertz CT molecular complexity index is 870. The van der Waals surface area contributed by atoms with Crippen LogP contribution in [0.3, 0.4) is 0 Å². The molecule has 0 radical (unpaired) electrons. The molecule has 0 rings (SSSR count). The van der Waals surface area contributed by atoms with Gasteiger partial charge in [-0.25, -0.2) is 0 Å². The Kier molecular flexibility index (Phi) is 30.1. The van der Waals surface area contributed by atoms with Crippen LogP contribution >= 0.6 is 0 Å². The molecule has 4 N–H and O–H groups in total. The van der Waals surface area contributed by atoms with E-state index in [0.29, 0.717) is 6.42 Å². The molecule has 45 heavy (non-hydrogen) atoms. The van der Waals surface area contributed by atoms with E-state index in [2.05, 4.69) is 43.5 Å². The van der Waals surface area contributed by atoms with Crippen LogP contribution in [0.15, 0.2) is 36.5 Å². The molecule has 0 saturated heterocycles. The predicted molar refractivity (Wildman–Crippen MR) is 190 cm³/mol. The van der Waals surface area contributed by atoms with E-state index in [1.54, 1.807) is 6.08 Å². The summed E-state index contributed by atoms with van der Waals surface area (Å²) in [5.41, 5.74) is 0. The molecule has 0 saturated carbocycles. The summed E-state index contributed by atoms with van der Waals surface area (Å²) < 4.78 is 32.1. The smallest absolute Gasteiger partial charge is 0.267 e. The molecule has 0 spiro atoms. The molecule has 0 fully saturated rings. The lowest BCUT2D eigenvalue weighted by Crippen LogP contribution is -2.50. The molecule has 0 aliphatic heterocycles. The van der Waals surface area contributed by atoms with Crippen molar-refractivity contribution in [1.29, 1.82) is 0 Å². The van der Waals surface area contributed by atoms with Gasteiger partial charge in [-0.2, -0.15) is 8.42 Å². The lowest BCUT2D eigenvalue weighted by Gasteiger charge is -2.22. The number of aliphatic hydroxyl groups is 2. The Morgan fingerprint density at radius 3 is 1.53 bits per heavy atom. The van der Waals surface area contributed by atoms with E-state index in [0.717, 1.165) is 77.0 Å². The Morgan fingerprint density at radius 2 is 1.04 bits per heavy atom. The average Bonchev–Trinajstić information content (AvgIpc) is 3.00. The Hall–Kier alpha value is -1.48. The molecule has 1 amide bonds. The number of hydrogen-bond donors (Lipinski definition) is 4. The first-order valence-electron chi connectivity index (χ1n) is 18.3. The molecule has 0 aromatic heterocycles. The number of carbonyl (C=O) groups excluding carboxylic acids is 1. The van der Waals surface area contributed by atoms with Crippen LogP contribution in [-0.4, -0.2) is 53.1 Å². The number of nitrogens with one attached hydrogen (secondary N) is 1. The van der Waals surface area contributed by atoms with E-state index < -0.39 is 40.0 Å². The highest BCUT2D eigenvalue weighted by Crippen LogP contribution is 2.13. The topological polar surface area (TPSA) is 124 Å². The van der Waals surface area contributed by atoms with Gasteiger partial charge in [0.25, 0.3) is 10.1 Å². The van der Waals surface area contributed by atoms with Gasteiger partial charge < -0.3 is 15.5 Å². The molecule has 0 bridgehead atoms. The maximum Gasteiger partial charge on any atom is 0.267 e. The SMILES string of the molecule is CCCCCC/C=C/C(O)C(CS(=O)(=O)O)NC(=O)C(O)CCCCCCCC/C=C\C/C=C\CCCCCCCCCCC. The highest BCUT2D eigenvalue weighted by Gasteiger charge is 2.27. The molecular weight excluding hydrogens is 586 g/mol. The van der Waals surface area contributed by atoms with Crippen molar-refractivity contribution < 1.29 is 28.0 Å². The monoisotopic (exact) mass is 655 g/mol. The number of unbranched alkanes of at least 4 members (excludes halogenated alkanes) is 19. The highest BCUT2D eigenvalue weighted by molar-refractivity contribution is 7.85. The fourth-order valence-corrected chi connectivity index (χ4v) is 6.04. The summed E-state index contributed by atoms with van der Waals surface area (Å²) in [5, 5.41) is 23.1. The summed E-state index contributed by atoms with van der Waals surface area (Å²) in [4.78, 5) is 12.5. The van der Waals surface area contributed by atoms with Crippen LogP contribution in [-0.2, 0) is 14.9 Å². The summed E-state index contributed by atoms with van der Waals surface area (Å²) >= 11 is 0. The van der Waals surface area contributed by atoms with Crippen molar-refractivity contribution in [3.8, 4) is 0 Å². The lowest BCUT2D eigenvalue weighted by atomic mass is 10.0. The maximum atomic E-state index is 12.5. The van der Waals surface area contributed by atoms with Crippen molar-refractivity contribution in [2.45, 2.75) is 186 Å². The van der Waals surface area contributed by atoms with E-state index in [1.807, 2.05) is 0 Å². The third-order valence-corrected chi connectivity index (χ3v) is 8.95. The third kappa shape index (κ3) is 30.9. The van der Waals surface area contributed by atoms with E-state index in [-0.39, 0.29) is 6.42 Å². The van der Waals surface area contributed by atoms with Gasteiger partial charge >= 0.3 is 0 Å². The van der Waals surface area contributed by atoms with Gasteiger partial charge in [-0.15, -0.1) is 0 Å². The van der Waals surface area contributed by atoms with Crippen molar-refractivity contribution in [3.63, 3.8) is 0 Å². The van der Waals surface area contributed by atoms with Crippen molar-refractivity contribution in [3.05, 3.63) is 36.5 Å². The Balaban J connectivity index is 3.93. The molecule has 264 valence electrons. The fraction of sp³-hybridized carbons (Fsp3) is 0.811. The van der Waals surface area contributed by atoms with Gasteiger partial charge in [0.05, 0.1) is 17.9 Å². The average molecular weight is 656 g/mol. The minimum atomic E-state index is -4.43. The molecule has 0 heterocycles. The van der Waals surface area contributed by atoms with Crippen LogP contribution in [0.25, 0.3) is 0 Å². The molecule has 0 aromatic rings. The molecule has 8 heteroatoms. The molecule has 3 unspecified atom stereocenters. The summed E-state index contributed by atoms with van der Waals surface area (Å²) in [6, 6.07) is -1.23. The van der Waals surface area contributed by atoms with Crippen molar-refractivity contribution in [2.24, 2.45) is 0 Å². The quantitative estimate of drug-likeness (QED) is 0.0326. The van der Waals surface area contributed by atoms with Gasteiger partial charge in [-0.1, -0.05) is 153 Å². The Morgan fingerprint density at radius 1 is 0.622 bits per heavy atom. The largest absolute Gasteiger partial charge is 0.387 e. The van der Waals surface area contributed by atoms with Crippen LogP contribution in [0.5, 0.6) is 0 Å². The molecule has 7 nitrogen and oxygen atoms in total. The van der Waals surface area contributed by atoms with Crippen LogP contribution in [0.1, 0.15) is 168 Å². The van der Waals surface area contributed by atoms with Gasteiger partial charge in [0.2, 0.25) is 5.91 Å². The standard InChI is InChI=1S/C37H69NO6S/c1-3-5-7-9-11-12-13-14-15-16-17-18-19-20-21-22-23-24-25-26-28-30-32-36(40)37(41)38-34(33-45(42,43)44)35(39)31-29-27-10-8-6-4-2/h17-18,20-21,29,31,34-36,39-40H,3-16,19,22-28,30,32-33H2,1-2H3,(H,38,41)(H,42,43,44)/b18-17-,21-20-,31-29+. The minimum Gasteiger partial charge on any atom is -0.387 e. The second-order valence-electron chi connectivity index (χ2n) is 12.6. The van der Waals surface area contributed by atoms with Gasteiger partial charge in [-0.05, 0) is 51.4 Å². The van der Waals surface area contributed by atoms with Gasteiger partial charge in [0.1, 0.15) is 6.10 Å². The first kappa shape index (κ1) is 43.5. The van der Waals surface area contributed by atoms with Crippen molar-refractivity contribution in [2.75, 3.05) is 5.75 Å². The van der Waals surface area contributed by atoms with Crippen molar-refractivity contribution >= 4 is 16.0 Å². The molecular formula is C37H69NO6S. The van der Waals surface area contributed by atoms with E-state index in [9.17, 15) is 28.0 Å². The zero-order valence-corrected chi connectivity index (χ0v) is 29.7. The second kappa shape index (κ2) is 31.1. The van der Waals surface area contributed by atoms with Gasteiger partial charge in [-0.3, -0.25) is 9.35 Å². The van der Waals surface area contributed by atoms with E-state index in [1.165, 1.54) is 70.3 Å². The zero-order chi connectivity index (χ0) is 33.4. The molecule has 3 atom stereocenters. The van der Waals surface area contributed by atoms with Gasteiger partial charge in [0, 0.05) is 0 Å². The normalized spacial score (nSPS) is 14.5. The van der Waals surface area contributed by atoms with Crippen LogP contribution < -0.4 is 5.32 Å². The summed E-state index contributed by atoms with van der Waals surface area (Å²) in [7, 11) is -4.43. The number of rotatable bonds is 32. The molecule has 0 aliphatic carbocycles. The van der Waals surface area contributed by atoms with Crippen LogP contribution in [0.4, 0.5) is 0 Å². The Labute approximate surface area is 277 Å². The number of aliphatic hydroxyl groups excluding tert-OH is 2. The number of carbonyl (C=O) groups is 1. The lowest BCUT2D eigenvalue weighted by molar-refractivity contribution is -0.130. The first-order valence-corrected chi connectivity index (χ1v) is 19.9. The minimum absolute atomic E-state index is 0.267. The predicted octanol–water partition coefficient (Wildman–Crippen LogP) is 9.15. The van der Waals surface area contributed by atoms with E-state index >= 15 is 0 Å². The van der Waals surface area contributed by atoms with Crippen molar-refractivity contribution in [1.82, 2.24) is 5.32 Å². The van der Waals surface area contributed by atoms with E-state index in [4.69, 9.17) is 0 Å². The summed E-state index contributed by atoms with van der Waals surface area (Å²) in [6.45, 7) is 4.39. The maximum absolute atomic E-state index is 12.5. The second-order valence-corrected chi connectivity index (χ2v) is 14.1. The number of allylic oxidation sites excluding steroid dienone is 5. The first-order chi connectivity index (χ1) is 21.7. The number of hydrogen-bond acceptors (Lipinski definition) is 5.